The third-order valence-corrected chi connectivity index (χ3v) is 6.96. The van der Waals surface area contributed by atoms with Gasteiger partial charge in [0, 0.05) is 15.4 Å². The highest BCUT2D eigenvalue weighted by Crippen LogP contribution is 2.42. The van der Waals surface area contributed by atoms with E-state index < -0.39 is 0 Å². The van der Waals surface area contributed by atoms with Gasteiger partial charge in [-0.3, -0.25) is 4.79 Å². The molecular weight excluding hydrogens is 558 g/mol. The summed E-state index contributed by atoms with van der Waals surface area (Å²) in [6.07, 6.45) is 3.13. The molecule has 0 saturated carbocycles. The van der Waals surface area contributed by atoms with Crippen molar-refractivity contribution in [3.05, 3.63) is 98.7 Å². The maximum Gasteiger partial charge on any atom is 0.282 e. The second-order valence-corrected chi connectivity index (χ2v) is 9.09. The van der Waals surface area contributed by atoms with Gasteiger partial charge in [-0.2, -0.15) is 9.78 Å². The highest BCUT2D eigenvalue weighted by molar-refractivity contribution is 9.10. The van der Waals surface area contributed by atoms with Gasteiger partial charge in [0.25, 0.3) is 5.56 Å². The summed E-state index contributed by atoms with van der Waals surface area (Å²) in [5, 5.41) is 6.16. The van der Waals surface area contributed by atoms with E-state index in [-0.39, 0.29) is 18.0 Å². The van der Waals surface area contributed by atoms with E-state index in [2.05, 4.69) is 27.6 Å². The highest BCUT2D eigenvalue weighted by Gasteiger charge is 2.19. The lowest BCUT2D eigenvalue weighted by Crippen LogP contribution is -2.20. The Kier molecular flexibility index (Phi) is 7.12. The molecule has 0 bridgehead atoms. The fourth-order valence-corrected chi connectivity index (χ4v) is 4.49. The lowest BCUT2D eigenvalue weighted by atomic mass is 10.2. The molecule has 5 aromatic rings. The first-order valence-corrected chi connectivity index (χ1v) is 12.6. The summed E-state index contributed by atoms with van der Waals surface area (Å²) in [5.41, 5.74) is 1.47. The molecule has 0 unspecified atom stereocenters. The SMILES string of the molecule is C=CCOc1c(OCC)cc(C=Nn2c(-c3cc4ccccc4o3)nc3ccccc3c2=O)c(Br)c1Cl. The predicted octanol–water partition coefficient (Wildman–Crippen LogP) is 7.07. The first-order valence-electron chi connectivity index (χ1n) is 11.5. The number of aromatic nitrogens is 2. The maximum atomic E-state index is 13.5. The van der Waals surface area contributed by atoms with Crippen LogP contribution >= 0.6 is 27.5 Å². The summed E-state index contributed by atoms with van der Waals surface area (Å²) in [4.78, 5) is 18.2. The number of halogens is 2. The van der Waals surface area contributed by atoms with E-state index in [1.54, 1.807) is 30.3 Å². The van der Waals surface area contributed by atoms with Crippen molar-refractivity contribution in [2.75, 3.05) is 13.2 Å². The van der Waals surface area contributed by atoms with Crippen LogP contribution in [-0.4, -0.2) is 29.1 Å². The molecule has 7 nitrogen and oxygen atoms in total. The average molecular weight is 579 g/mol. The zero-order chi connectivity index (χ0) is 25.9. The van der Waals surface area contributed by atoms with E-state index in [0.717, 1.165) is 5.39 Å². The van der Waals surface area contributed by atoms with E-state index >= 15 is 0 Å². The molecule has 0 aliphatic carbocycles. The molecule has 0 radical (unpaired) electrons. The van der Waals surface area contributed by atoms with Crippen LogP contribution in [0.4, 0.5) is 0 Å². The number of hydrogen-bond donors (Lipinski definition) is 0. The Bertz CT molecular complexity index is 1690. The lowest BCUT2D eigenvalue weighted by molar-refractivity contribution is 0.297. The first kappa shape index (κ1) is 24.8. The summed E-state index contributed by atoms with van der Waals surface area (Å²) in [6, 6.07) is 18.3. The monoisotopic (exact) mass is 577 g/mol. The Labute approximate surface area is 225 Å². The number of ether oxygens (including phenoxy) is 2. The van der Waals surface area contributed by atoms with Crippen LogP contribution in [0.1, 0.15) is 12.5 Å². The fourth-order valence-electron chi connectivity index (χ4n) is 3.84. The van der Waals surface area contributed by atoms with Crippen molar-refractivity contribution in [3.63, 3.8) is 0 Å². The van der Waals surface area contributed by atoms with E-state index in [1.165, 1.54) is 10.9 Å². The molecule has 0 spiro atoms. The topological polar surface area (TPSA) is 78.8 Å². The molecule has 37 heavy (non-hydrogen) atoms. The van der Waals surface area contributed by atoms with Crippen LogP contribution in [0.2, 0.25) is 5.02 Å². The Morgan fingerprint density at radius 2 is 1.95 bits per heavy atom. The number of nitrogens with zero attached hydrogens (tertiary/aromatic N) is 3. The molecule has 2 aromatic heterocycles. The number of para-hydroxylation sites is 2. The molecule has 0 atom stereocenters. The van der Waals surface area contributed by atoms with Crippen LogP contribution in [-0.2, 0) is 0 Å². The van der Waals surface area contributed by atoms with Gasteiger partial charge in [-0.25, -0.2) is 4.98 Å². The van der Waals surface area contributed by atoms with E-state index in [9.17, 15) is 4.79 Å². The number of furan rings is 1. The van der Waals surface area contributed by atoms with Gasteiger partial charge in [-0.15, -0.1) is 0 Å². The van der Waals surface area contributed by atoms with Gasteiger partial charge in [0.2, 0.25) is 5.82 Å². The number of rotatable bonds is 8. The minimum Gasteiger partial charge on any atom is -0.490 e. The molecule has 0 aliphatic rings. The summed E-state index contributed by atoms with van der Waals surface area (Å²) < 4.78 is 19.2. The summed E-state index contributed by atoms with van der Waals surface area (Å²) in [6.45, 7) is 6.20. The van der Waals surface area contributed by atoms with Gasteiger partial charge in [0.1, 0.15) is 17.2 Å². The van der Waals surface area contributed by atoms with Gasteiger partial charge >= 0.3 is 0 Å². The van der Waals surface area contributed by atoms with E-state index in [4.69, 9.17) is 30.5 Å². The largest absolute Gasteiger partial charge is 0.490 e. The minimum absolute atomic E-state index is 0.263. The normalized spacial score (nSPS) is 11.4. The fraction of sp³-hybridized carbons (Fsp3) is 0.107. The van der Waals surface area contributed by atoms with Crippen molar-refractivity contribution >= 4 is 55.6 Å². The molecule has 9 heteroatoms. The average Bonchev–Trinajstić information content (AvgIpc) is 3.35. The molecule has 0 fully saturated rings. The molecule has 2 heterocycles. The van der Waals surface area contributed by atoms with Crippen molar-refractivity contribution < 1.29 is 13.9 Å². The molecule has 186 valence electrons. The maximum absolute atomic E-state index is 13.5. The Morgan fingerprint density at radius 3 is 2.73 bits per heavy atom. The Balaban J connectivity index is 1.68. The zero-order valence-electron chi connectivity index (χ0n) is 19.8. The number of benzene rings is 3. The lowest BCUT2D eigenvalue weighted by Gasteiger charge is -2.15. The van der Waals surface area contributed by atoms with Crippen molar-refractivity contribution in [2.45, 2.75) is 6.92 Å². The third-order valence-electron chi connectivity index (χ3n) is 5.51. The van der Waals surface area contributed by atoms with Crippen LogP contribution in [0.25, 0.3) is 33.5 Å². The van der Waals surface area contributed by atoms with Gasteiger partial charge in [-0.1, -0.05) is 54.6 Å². The van der Waals surface area contributed by atoms with Gasteiger partial charge in [0.15, 0.2) is 17.3 Å². The van der Waals surface area contributed by atoms with E-state index in [1.807, 2.05) is 43.3 Å². The summed E-state index contributed by atoms with van der Waals surface area (Å²) >= 11 is 10.1. The van der Waals surface area contributed by atoms with Gasteiger partial charge in [0.05, 0.1) is 23.7 Å². The molecular formula is C28H21BrClN3O4. The van der Waals surface area contributed by atoms with Crippen LogP contribution in [0.3, 0.4) is 0 Å². The van der Waals surface area contributed by atoms with Crippen LogP contribution in [0.15, 0.2) is 92.1 Å². The minimum atomic E-state index is -0.338. The predicted molar refractivity (Wildman–Crippen MR) is 150 cm³/mol. The van der Waals surface area contributed by atoms with E-state index in [0.29, 0.717) is 55.4 Å². The standard InChI is InChI=1S/C28H21BrClN3O4/c1-3-13-36-26-22(35-4-2)15-18(24(29)25(26)30)16-31-33-27(23-14-17-9-5-8-12-21(17)37-23)32-20-11-7-6-10-19(20)28(33)34/h3,5-12,14-16H,1,4,13H2,2H3. The number of fused-ring (bicyclic) bond motifs is 2. The van der Waals surface area contributed by atoms with Crippen molar-refractivity contribution in [2.24, 2.45) is 5.10 Å². The Morgan fingerprint density at radius 1 is 1.16 bits per heavy atom. The summed E-state index contributed by atoms with van der Waals surface area (Å²) in [7, 11) is 0. The van der Waals surface area contributed by atoms with Crippen LogP contribution < -0.4 is 15.0 Å². The van der Waals surface area contributed by atoms with Crippen molar-refractivity contribution in [1.29, 1.82) is 0 Å². The summed E-state index contributed by atoms with van der Waals surface area (Å²) in [5.74, 6) is 1.52. The zero-order valence-corrected chi connectivity index (χ0v) is 22.1. The molecule has 0 aliphatic heterocycles. The van der Waals surface area contributed by atoms with Crippen molar-refractivity contribution in [1.82, 2.24) is 9.66 Å². The smallest absolute Gasteiger partial charge is 0.282 e. The highest BCUT2D eigenvalue weighted by atomic mass is 79.9. The quantitative estimate of drug-likeness (QED) is 0.145. The molecule has 0 amide bonds. The second kappa shape index (κ2) is 10.6. The van der Waals surface area contributed by atoms with Crippen molar-refractivity contribution in [3.8, 4) is 23.1 Å². The third kappa shape index (κ3) is 4.77. The molecule has 5 rings (SSSR count). The van der Waals surface area contributed by atoms with Gasteiger partial charge in [-0.05, 0) is 53.2 Å². The van der Waals surface area contributed by atoms with Crippen LogP contribution in [0.5, 0.6) is 11.5 Å². The Hall–Kier alpha value is -3.88. The molecule has 0 N–H and O–H groups in total. The number of hydrogen-bond acceptors (Lipinski definition) is 6. The first-order chi connectivity index (χ1) is 18.0. The molecule has 0 saturated heterocycles. The second-order valence-electron chi connectivity index (χ2n) is 7.92. The van der Waals surface area contributed by atoms with Crippen LogP contribution in [0, 0.1) is 0 Å². The molecule has 3 aromatic carbocycles. The van der Waals surface area contributed by atoms with Gasteiger partial charge < -0.3 is 13.9 Å².